The van der Waals surface area contributed by atoms with Gasteiger partial charge in [-0.3, -0.25) is 0 Å². The molecule has 2 heterocycles. The topological polar surface area (TPSA) is 64.9 Å². The van der Waals surface area contributed by atoms with Crippen LogP contribution in [0.25, 0.3) is 33.8 Å². The van der Waals surface area contributed by atoms with Crippen LogP contribution in [0.1, 0.15) is 6.92 Å². The zero-order valence-corrected chi connectivity index (χ0v) is 17.4. The molecule has 0 spiro atoms. The number of aromatic nitrogens is 2. The molecule has 0 saturated heterocycles. The zero-order chi connectivity index (χ0) is 21.3. The molecule has 0 amide bonds. The first-order valence-corrected chi connectivity index (χ1v) is 10.8. The summed E-state index contributed by atoms with van der Waals surface area (Å²) in [5, 5.41) is 0. The summed E-state index contributed by atoms with van der Waals surface area (Å²) in [6.45, 7) is 2.02. The Balaban J connectivity index is 1.73. The van der Waals surface area contributed by atoms with Crippen molar-refractivity contribution in [2.24, 2.45) is 0 Å². The third-order valence-electron chi connectivity index (χ3n) is 4.19. The number of hydrogen-bond donors (Lipinski definition) is 1. The van der Waals surface area contributed by atoms with E-state index in [0.29, 0.717) is 22.5 Å². The van der Waals surface area contributed by atoms with E-state index in [0.717, 1.165) is 21.8 Å². The maximum absolute atomic E-state index is 12.6. The average molecular weight is 448 g/mol. The largest absolute Gasteiger partial charge is 0.446 e. The molecular weight excluding hydrogens is 431 g/mol. The number of nitrogens with two attached hydrogens (primary N) is 1. The molecule has 0 aliphatic heterocycles. The summed E-state index contributed by atoms with van der Waals surface area (Å²) in [5.74, 6) is 1.09. The smallest absolute Gasteiger partial charge is 0.435 e. The second-order valence-electron chi connectivity index (χ2n) is 6.32. The van der Waals surface area contributed by atoms with E-state index in [2.05, 4.69) is 9.97 Å². The summed E-state index contributed by atoms with van der Waals surface area (Å²) in [7, 11) is 0. The van der Waals surface area contributed by atoms with Gasteiger partial charge in [0.2, 0.25) is 5.89 Å². The Morgan fingerprint density at radius 2 is 1.80 bits per heavy atom. The number of halogens is 3. The Morgan fingerprint density at radius 3 is 2.50 bits per heavy atom. The number of alkyl halides is 3. The van der Waals surface area contributed by atoms with Crippen molar-refractivity contribution in [2.45, 2.75) is 22.2 Å². The van der Waals surface area contributed by atoms with Crippen molar-refractivity contribution in [1.29, 1.82) is 0 Å². The highest BCUT2D eigenvalue weighted by Gasteiger charge is 2.29. The fraction of sp³-hybridized carbons (Fsp3) is 0.143. The Labute approximate surface area is 179 Å². The summed E-state index contributed by atoms with van der Waals surface area (Å²) in [4.78, 5) is 9.88. The quantitative estimate of drug-likeness (QED) is 0.266. The Morgan fingerprint density at radius 1 is 1.03 bits per heavy atom. The van der Waals surface area contributed by atoms with Crippen molar-refractivity contribution in [1.82, 2.24) is 9.97 Å². The third kappa shape index (κ3) is 4.57. The van der Waals surface area contributed by atoms with Gasteiger partial charge in [-0.15, -0.1) is 11.8 Å². The Kier molecular flexibility index (Phi) is 5.66. The summed E-state index contributed by atoms with van der Waals surface area (Å²) < 4.78 is 43.7. The van der Waals surface area contributed by atoms with Gasteiger partial charge in [-0.2, -0.15) is 13.2 Å². The molecule has 0 atom stereocenters. The van der Waals surface area contributed by atoms with Crippen molar-refractivity contribution in [3.05, 3.63) is 54.7 Å². The van der Waals surface area contributed by atoms with E-state index >= 15 is 0 Å². The van der Waals surface area contributed by atoms with Crippen LogP contribution in [0.15, 0.2) is 68.9 Å². The van der Waals surface area contributed by atoms with Gasteiger partial charge >= 0.3 is 5.51 Å². The van der Waals surface area contributed by atoms with Crippen LogP contribution in [0.2, 0.25) is 0 Å². The molecule has 9 heteroatoms. The summed E-state index contributed by atoms with van der Waals surface area (Å²) in [6.07, 6.45) is 1.72. The number of nitrogen functional groups attached to an aromatic ring is 1. The number of hydrogen-bond acceptors (Lipinski definition) is 6. The number of anilines is 1. The van der Waals surface area contributed by atoms with E-state index in [1.807, 2.05) is 37.3 Å². The molecule has 4 nitrogen and oxygen atoms in total. The first-order chi connectivity index (χ1) is 14.3. The summed E-state index contributed by atoms with van der Waals surface area (Å²) in [6, 6.07) is 13.7. The maximum atomic E-state index is 12.6. The second kappa shape index (κ2) is 8.23. The van der Waals surface area contributed by atoms with E-state index in [1.165, 1.54) is 18.2 Å². The molecule has 2 N–H and O–H groups in total. The third-order valence-corrected chi connectivity index (χ3v) is 5.82. The number of benzene rings is 2. The van der Waals surface area contributed by atoms with Gasteiger partial charge in [0.05, 0.1) is 0 Å². The Hall–Kier alpha value is -2.65. The molecule has 4 aromatic rings. The second-order valence-corrected chi connectivity index (χ2v) is 8.77. The molecule has 0 aliphatic carbocycles. The monoisotopic (exact) mass is 447 g/mol. The lowest BCUT2D eigenvalue weighted by molar-refractivity contribution is -0.0328. The molecule has 0 saturated carbocycles. The fourth-order valence-electron chi connectivity index (χ4n) is 2.91. The van der Waals surface area contributed by atoms with Crippen LogP contribution < -0.4 is 5.73 Å². The van der Waals surface area contributed by atoms with Crippen molar-refractivity contribution in [2.75, 3.05) is 11.5 Å². The zero-order valence-electron chi connectivity index (χ0n) is 15.7. The minimum Gasteiger partial charge on any atom is -0.435 e. The van der Waals surface area contributed by atoms with Crippen LogP contribution in [-0.4, -0.2) is 21.2 Å². The highest BCUT2D eigenvalue weighted by Crippen LogP contribution is 2.39. The summed E-state index contributed by atoms with van der Waals surface area (Å²) >= 11 is 1.41. The number of oxazole rings is 1. The first kappa shape index (κ1) is 20.6. The Bertz CT molecular complexity index is 1190. The van der Waals surface area contributed by atoms with Crippen LogP contribution in [0, 0.1) is 0 Å². The van der Waals surface area contributed by atoms with E-state index in [-0.39, 0.29) is 22.5 Å². The van der Waals surface area contributed by atoms with Gasteiger partial charge in [-0.05, 0) is 59.5 Å². The SMILES string of the molecule is CCSc1cc(-c2ccc(N)cc2)cnc1-c1nc2cc(SC(F)(F)F)ccc2o1. The van der Waals surface area contributed by atoms with Gasteiger partial charge in [0.1, 0.15) is 11.2 Å². The number of rotatable bonds is 5. The van der Waals surface area contributed by atoms with E-state index < -0.39 is 5.51 Å². The molecule has 2 aromatic carbocycles. The first-order valence-electron chi connectivity index (χ1n) is 8.98. The van der Waals surface area contributed by atoms with Crippen molar-refractivity contribution in [3.8, 4) is 22.7 Å². The van der Waals surface area contributed by atoms with Crippen molar-refractivity contribution < 1.29 is 17.6 Å². The van der Waals surface area contributed by atoms with Crippen LogP contribution in [-0.2, 0) is 0 Å². The van der Waals surface area contributed by atoms with Gasteiger partial charge in [0.15, 0.2) is 5.58 Å². The van der Waals surface area contributed by atoms with Crippen LogP contribution in [0.4, 0.5) is 18.9 Å². The molecule has 0 fully saturated rings. The molecule has 0 radical (unpaired) electrons. The van der Waals surface area contributed by atoms with Gasteiger partial charge in [0, 0.05) is 27.2 Å². The molecule has 154 valence electrons. The molecule has 30 heavy (non-hydrogen) atoms. The minimum absolute atomic E-state index is 0.0599. The summed E-state index contributed by atoms with van der Waals surface area (Å²) in [5.41, 5.74) is 5.32. The lowest BCUT2D eigenvalue weighted by atomic mass is 10.1. The molecule has 2 aromatic heterocycles. The van der Waals surface area contributed by atoms with E-state index in [4.69, 9.17) is 10.2 Å². The van der Waals surface area contributed by atoms with Crippen molar-refractivity contribution >= 4 is 40.3 Å². The molecule has 0 bridgehead atoms. The predicted molar refractivity (Wildman–Crippen MR) is 115 cm³/mol. The lowest BCUT2D eigenvalue weighted by Gasteiger charge is -2.08. The van der Waals surface area contributed by atoms with Gasteiger partial charge in [-0.1, -0.05) is 19.1 Å². The molecular formula is C21H16F3N3OS2. The standard InChI is InChI=1S/C21H16F3N3OS2/c1-2-29-18-9-13(12-3-5-14(25)6-4-12)11-26-19(18)20-27-16-10-15(30-21(22,23)24)7-8-17(16)28-20/h3-11H,2,25H2,1H3. The van der Waals surface area contributed by atoms with E-state index in [9.17, 15) is 13.2 Å². The number of pyridine rings is 1. The number of thioether (sulfide) groups is 2. The van der Waals surface area contributed by atoms with Crippen LogP contribution in [0.3, 0.4) is 0 Å². The molecule has 4 rings (SSSR count). The maximum Gasteiger partial charge on any atom is 0.446 e. The van der Waals surface area contributed by atoms with E-state index in [1.54, 1.807) is 18.0 Å². The minimum atomic E-state index is -4.36. The highest BCUT2D eigenvalue weighted by atomic mass is 32.2. The van der Waals surface area contributed by atoms with Gasteiger partial charge in [-0.25, -0.2) is 9.97 Å². The predicted octanol–water partition coefficient (Wildman–Crippen LogP) is 6.86. The average Bonchev–Trinajstić information content (AvgIpc) is 3.10. The van der Waals surface area contributed by atoms with Crippen LogP contribution in [0.5, 0.6) is 0 Å². The fourth-order valence-corrected chi connectivity index (χ4v) is 4.28. The normalized spacial score (nSPS) is 11.9. The highest BCUT2D eigenvalue weighted by molar-refractivity contribution is 8.00. The lowest BCUT2D eigenvalue weighted by Crippen LogP contribution is -1.98. The van der Waals surface area contributed by atoms with Gasteiger partial charge < -0.3 is 10.2 Å². The van der Waals surface area contributed by atoms with Crippen LogP contribution >= 0.6 is 23.5 Å². The van der Waals surface area contributed by atoms with Gasteiger partial charge in [0.25, 0.3) is 0 Å². The molecule has 0 aliphatic rings. The molecule has 0 unspecified atom stereocenters. The number of fused-ring (bicyclic) bond motifs is 1. The van der Waals surface area contributed by atoms with Crippen molar-refractivity contribution in [3.63, 3.8) is 0 Å². The number of nitrogens with zero attached hydrogens (tertiary/aromatic N) is 2.